The molecule has 2 atom stereocenters. The van der Waals surface area contributed by atoms with Crippen molar-refractivity contribution in [3.05, 3.63) is 64.7 Å². The van der Waals surface area contributed by atoms with Gasteiger partial charge in [0.05, 0.1) is 24.1 Å². The average molecular weight is 429 g/mol. The minimum Gasteiger partial charge on any atom is -0.317 e. The van der Waals surface area contributed by atoms with Gasteiger partial charge in [0, 0.05) is 10.9 Å². The van der Waals surface area contributed by atoms with Gasteiger partial charge in [0.15, 0.2) is 15.0 Å². The van der Waals surface area contributed by atoms with Gasteiger partial charge in [-0.1, -0.05) is 61.5 Å². The first-order valence-corrected chi connectivity index (χ1v) is 12.8. The molecular formula is C23H28N2O2S2. The van der Waals surface area contributed by atoms with Crippen LogP contribution < -0.4 is 4.90 Å². The van der Waals surface area contributed by atoms with Gasteiger partial charge in [-0.05, 0) is 48.6 Å². The quantitative estimate of drug-likeness (QED) is 0.708. The van der Waals surface area contributed by atoms with E-state index in [1.54, 1.807) is 11.8 Å². The smallest absolute Gasteiger partial charge is 0.164 e. The van der Waals surface area contributed by atoms with E-state index in [9.17, 15) is 8.42 Å². The minimum atomic E-state index is -2.95. The Hall–Kier alpha value is -1.79. The summed E-state index contributed by atoms with van der Waals surface area (Å²) in [6.45, 7) is 9.37. The number of hydrogen-bond donors (Lipinski definition) is 0. The molecule has 0 amide bonds. The van der Waals surface area contributed by atoms with Crippen molar-refractivity contribution in [2.75, 3.05) is 16.4 Å². The highest BCUT2D eigenvalue weighted by Crippen LogP contribution is 2.37. The zero-order chi connectivity index (χ0) is 20.8. The molecule has 1 saturated heterocycles. The van der Waals surface area contributed by atoms with Crippen LogP contribution in [0.25, 0.3) is 0 Å². The number of benzene rings is 2. The molecule has 2 aromatic rings. The van der Waals surface area contributed by atoms with Crippen molar-refractivity contribution in [2.24, 2.45) is 4.99 Å². The highest BCUT2D eigenvalue weighted by molar-refractivity contribution is 8.15. The second-order valence-corrected chi connectivity index (χ2v) is 11.8. The number of aryl methyl sites for hydroxylation is 2. The second kappa shape index (κ2) is 7.80. The van der Waals surface area contributed by atoms with Crippen LogP contribution >= 0.6 is 11.8 Å². The van der Waals surface area contributed by atoms with Gasteiger partial charge in [-0.25, -0.2) is 8.42 Å². The molecule has 1 fully saturated rings. The highest BCUT2D eigenvalue weighted by atomic mass is 32.2. The number of fused-ring (bicyclic) bond motifs is 1. The van der Waals surface area contributed by atoms with Crippen molar-refractivity contribution >= 4 is 32.5 Å². The molecule has 2 aliphatic rings. The molecule has 0 unspecified atom stereocenters. The number of thioether (sulfide) groups is 1. The van der Waals surface area contributed by atoms with E-state index in [0.29, 0.717) is 5.92 Å². The lowest BCUT2D eigenvalue weighted by molar-refractivity contribution is 0.601. The van der Waals surface area contributed by atoms with E-state index in [1.165, 1.54) is 22.3 Å². The molecule has 2 aliphatic heterocycles. The molecule has 0 aliphatic carbocycles. The molecular weight excluding hydrogens is 400 g/mol. The normalized spacial score (nSPS) is 22.6. The molecule has 6 heteroatoms. The summed E-state index contributed by atoms with van der Waals surface area (Å²) in [5.74, 6) is 0.899. The number of aliphatic imine (C=N–C) groups is 1. The zero-order valence-electron chi connectivity index (χ0n) is 17.4. The molecule has 0 N–H and O–H groups in total. The summed E-state index contributed by atoms with van der Waals surface area (Å²) in [6.07, 6.45) is 0. The van der Waals surface area contributed by atoms with Crippen LogP contribution in [0.15, 0.2) is 47.5 Å². The molecule has 154 valence electrons. The van der Waals surface area contributed by atoms with E-state index in [0.717, 1.165) is 17.4 Å². The van der Waals surface area contributed by atoms with Crippen molar-refractivity contribution in [1.82, 2.24) is 0 Å². The third kappa shape index (κ3) is 4.38. The van der Waals surface area contributed by atoms with E-state index < -0.39 is 9.84 Å². The predicted molar refractivity (Wildman–Crippen MR) is 124 cm³/mol. The van der Waals surface area contributed by atoms with Crippen LogP contribution in [0.2, 0.25) is 0 Å². The topological polar surface area (TPSA) is 49.7 Å². The summed E-state index contributed by atoms with van der Waals surface area (Å²) in [5, 5.41) is 0.985. The summed E-state index contributed by atoms with van der Waals surface area (Å²) in [5.41, 5.74) is 6.18. The molecule has 0 spiro atoms. The van der Waals surface area contributed by atoms with Gasteiger partial charge in [-0.15, -0.1) is 0 Å². The van der Waals surface area contributed by atoms with Crippen molar-refractivity contribution in [2.45, 2.75) is 51.4 Å². The maximum absolute atomic E-state index is 12.0. The first-order chi connectivity index (χ1) is 13.7. The third-order valence-electron chi connectivity index (χ3n) is 5.74. The SMILES string of the molecule is Cc1ccc(C)c(CN(C2=N[C@@H]3CS(=O)(=O)C[C@H]3S2)c2ccc(C(C)C)cc2)c1. The van der Waals surface area contributed by atoms with Crippen LogP contribution in [-0.4, -0.2) is 36.4 Å². The monoisotopic (exact) mass is 428 g/mol. The van der Waals surface area contributed by atoms with Gasteiger partial charge in [0.1, 0.15) is 0 Å². The standard InChI is InChI=1S/C23H28N2O2S2/c1-15(2)18-7-9-20(10-8-18)25(12-19-11-16(3)5-6-17(19)4)23-24-21-13-29(26,27)14-22(21)28-23/h5-11,15,21-22H,12-14H2,1-4H3/t21-,22-/m1/s1. The Labute approximate surface area is 178 Å². The number of nitrogens with zero attached hydrogens (tertiary/aromatic N) is 2. The lowest BCUT2D eigenvalue weighted by atomic mass is 10.0. The van der Waals surface area contributed by atoms with Crippen LogP contribution in [0.4, 0.5) is 5.69 Å². The fraction of sp³-hybridized carbons (Fsp3) is 0.435. The largest absolute Gasteiger partial charge is 0.317 e. The number of anilines is 1. The van der Waals surface area contributed by atoms with E-state index in [-0.39, 0.29) is 22.8 Å². The molecule has 29 heavy (non-hydrogen) atoms. The Morgan fingerprint density at radius 1 is 1.10 bits per heavy atom. The first-order valence-electron chi connectivity index (χ1n) is 10.1. The molecule has 2 heterocycles. The Kier molecular flexibility index (Phi) is 5.51. The van der Waals surface area contributed by atoms with Crippen molar-refractivity contribution in [1.29, 1.82) is 0 Å². The second-order valence-electron chi connectivity index (χ2n) is 8.47. The summed E-state index contributed by atoms with van der Waals surface area (Å²) in [6, 6.07) is 15.1. The van der Waals surface area contributed by atoms with Crippen molar-refractivity contribution in [3.8, 4) is 0 Å². The molecule has 0 bridgehead atoms. The van der Waals surface area contributed by atoms with E-state index >= 15 is 0 Å². The van der Waals surface area contributed by atoms with Gasteiger partial charge < -0.3 is 4.90 Å². The summed E-state index contributed by atoms with van der Waals surface area (Å²) in [4.78, 5) is 7.11. The van der Waals surface area contributed by atoms with Crippen molar-refractivity contribution < 1.29 is 8.42 Å². The summed E-state index contributed by atoms with van der Waals surface area (Å²) < 4.78 is 23.9. The van der Waals surface area contributed by atoms with Gasteiger partial charge in [-0.2, -0.15) is 0 Å². The zero-order valence-corrected chi connectivity index (χ0v) is 19.1. The van der Waals surface area contributed by atoms with E-state index in [1.807, 2.05) is 0 Å². The van der Waals surface area contributed by atoms with Crippen LogP contribution in [0.5, 0.6) is 0 Å². The van der Waals surface area contributed by atoms with Gasteiger partial charge in [0.2, 0.25) is 0 Å². The summed E-state index contributed by atoms with van der Waals surface area (Å²) in [7, 11) is -2.95. The lowest BCUT2D eigenvalue weighted by Crippen LogP contribution is -2.28. The fourth-order valence-electron chi connectivity index (χ4n) is 3.92. The van der Waals surface area contributed by atoms with Crippen LogP contribution in [0.1, 0.15) is 42.0 Å². The minimum absolute atomic E-state index is 0.0473. The lowest BCUT2D eigenvalue weighted by Gasteiger charge is -2.26. The summed E-state index contributed by atoms with van der Waals surface area (Å²) >= 11 is 1.62. The third-order valence-corrected chi connectivity index (χ3v) is 8.99. The number of rotatable bonds is 4. The first kappa shape index (κ1) is 20.5. The Bertz CT molecular complexity index is 1040. The molecule has 4 rings (SSSR count). The van der Waals surface area contributed by atoms with Crippen LogP contribution in [0, 0.1) is 13.8 Å². The highest BCUT2D eigenvalue weighted by Gasteiger charge is 2.44. The Morgan fingerprint density at radius 3 is 2.48 bits per heavy atom. The molecule has 0 radical (unpaired) electrons. The average Bonchev–Trinajstić information content (AvgIpc) is 3.15. The van der Waals surface area contributed by atoms with Gasteiger partial charge >= 0.3 is 0 Å². The van der Waals surface area contributed by atoms with Gasteiger partial charge in [-0.3, -0.25) is 4.99 Å². The van der Waals surface area contributed by atoms with E-state index in [2.05, 4.69) is 75.1 Å². The number of amidine groups is 1. The number of hydrogen-bond acceptors (Lipinski definition) is 5. The maximum Gasteiger partial charge on any atom is 0.164 e. The molecule has 0 saturated carbocycles. The maximum atomic E-state index is 12.0. The van der Waals surface area contributed by atoms with Gasteiger partial charge in [0.25, 0.3) is 0 Å². The molecule has 4 nitrogen and oxygen atoms in total. The fourth-order valence-corrected chi connectivity index (χ4v) is 7.70. The van der Waals surface area contributed by atoms with Crippen molar-refractivity contribution in [3.63, 3.8) is 0 Å². The predicted octanol–water partition coefficient (Wildman–Crippen LogP) is 4.70. The van der Waals surface area contributed by atoms with Crippen LogP contribution in [-0.2, 0) is 16.4 Å². The molecule has 0 aromatic heterocycles. The Balaban J connectivity index is 1.69. The Morgan fingerprint density at radius 2 is 1.83 bits per heavy atom. The number of sulfone groups is 1. The molecule has 2 aromatic carbocycles. The van der Waals surface area contributed by atoms with Crippen LogP contribution in [0.3, 0.4) is 0 Å². The van der Waals surface area contributed by atoms with E-state index in [4.69, 9.17) is 4.99 Å².